The van der Waals surface area contributed by atoms with E-state index < -0.39 is 0 Å². The van der Waals surface area contributed by atoms with Crippen LogP contribution in [0.3, 0.4) is 0 Å². The van der Waals surface area contributed by atoms with Crippen LogP contribution in [0.1, 0.15) is 9.67 Å². The smallest absolute Gasteiger partial charge is 0.268 e. The van der Waals surface area contributed by atoms with E-state index in [-0.39, 0.29) is 5.91 Å². The van der Waals surface area contributed by atoms with E-state index in [4.69, 9.17) is 17.3 Å². The Bertz CT molecular complexity index is 1190. The molecular weight excluding hydrogens is 410 g/mol. The average molecular weight is 428 g/mol. The van der Waals surface area contributed by atoms with E-state index in [1.54, 1.807) is 31.4 Å². The fraction of sp³-hybridized carbons (Fsp3) is 0.158. The maximum Gasteiger partial charge on any atom is 0.268 e. The van der Waals surface area contributed by atoms with Crippen LogP contribution >= 0.6 is 22.9 Å². The van der Waals surface area contributed by atoms with E-state index >= 15 is 0 Å². The number of imidazole rings is 1. The number of benzene rings is 1. The first-order valence-electron chi connectivity index (χ1n) is 8.88. The number of aromatic nitrogens is 4. The molecule has 148 valence electrons. The van der Waals surface area contributed by atoms with Gasteiger partial charge in [0.15, 0.2) is 0 Å². The van der Waals surface area contributed by atoms with Crippen molar-refractivity contribution < 1.29 is 4.79 Å². The molecule has 8 nitrogen and oxygen atoms in total. The van der Waals surface area contributed by atoms with Gasteiger partial charge in [0, 0.05) is 26.3 Å². The lowest BCUT2D eigenvalue weighted by Gasteiger charge is -2.08. The first kappa shape index (κ1) is 19.3. The number of nitrogens with one attached hydrogen (secondary N) is 2. The van der Waals surface area contributed by atoms with Crippen LogP contribution in [0, 0.1) is 0 Å². The van der Waals surface area contributed by atoms with E-state index in [1.807, 2.05) is 22.8 Å². The third-order valence-corrected chi connectivity index (χ3v) is 5.68. The predicted molar refractivity (Wildman–Crippen MR) is 117 cm³/mol. The fourth-order valence-corrected chi connectivity index (χ4v) is 4.02. The quantitative estimate of drug-likeness (QED) is 0.434. The van der Waals surface area contributed by atoms with Gasteiger partial charge in [0.1, 0.15) is 5.52 Å². The third kappa shape index (κ3) is 3.80. The van der Waals surface area contributed by atoms with Gasteiger partial charge in [0.25, 0.3) is 5.91 Å². The van der Waals surface area contributed by atoms with Crippen molar-refractivity contribution >= 4 is 51.8 Å². The molecule has 1 amide bonds. The lowest BCUT2D eigenvalue weighted by atomic mass is 10.3. The number of amides is 1. The number of nitrogens with two attached hydrogens (primary N) is 1. The van der Waals surface area contributed by atoms with Gasteiger partial charge in [0.2, 0.25) is 11.9 Å². The van der Waals surface area contributed by atoms with E-state index in [1.165, 1.54) is 11.3 Å². The second kappa shape index (κ2) is 8.16. The molecule has 1 aromatic carbocycles. The molecule has 4 aromatic rings. The van der Waals surface area contributed by atoms with Gasteiger partial charge in [-0.05, 0) is 30.3 Å². The molecule has 0 fully saturated rings. The van der Waals surface area contributed by atoms with E-state index in [0.29, 0.717) is 40.4 Å². The maximum absolute atomic E-state index is 12.8. The Morgan fingerprint density at radius 2 is 2.10 bits per heavy atom. The fourth-order valence-electron chi connectivity index (χ4n) is 2.94. The Morgan fingerprint density at radius 3 is 2.90 bits per heavy atom. The third-order valence-electron chi connectivity index (χ3n) is 4.27. The summed E-state index contributed by atoms with van der Waals surface area (Å²) in [6.07, 6.45) is 1.67. The SMILES string of the molecule is CNc1nccc(-c2ccc(C(=O)Nc3nc4c(Cl)cccc4n3CCN)s2)n1. The van der Waals surface area contributed by atoms with Gasteiger partial charge in [-0.1, -0.05) is 17.7 Å². The van der Waals surface area contributed by atoms with E-state index in [0.717, 1.165) is 16.1 Å². The molecule has 3 aromatic heterocycles. The molecule has 0 aliphatic rings. The minimum Gasteiger partial charge on any atom is -0.357 e. The zero-order chi connectivity index (χ0) is 20.4. The Labute approximate surface area is 175 Å². The summed E-state index contributed by atoms with van der Waals surface area (Å²) >= 11 is 7.60. The van der Waals surface area contributed by atoms with Gasteiger partial charge in [-0.3, -0.25) is 10.1 Å². The van der Waals surface area contributed by atoms with Crippen molar-refractivity contribution in [1.29, 1.82) is 0 Å². The van der Waals surface area contributed by atoms with Crippen LogP contribution in [0.2, 0.25) is 5.02 Å². The monoisotopic (exact) mass is 427 g/mol. The molecule has 4 rings (SSSR count). The molecule has 0 spiro atoms. The number of nitrogens with zero attached hydrogens (tertiary/aromatic N) is 4. The molecule has 10 heteroatoms. The molecule has 0 atom stereocenters. The molecule has 0 saturated heterocycles. The van der Waals surface area contributed by atoms with Crippen molar-refractivity contribution in [1.82, 2.24) is 19.5 Å². The number of carbonyl (C=O) groups is 1. The molecular formula is C19H18ClN7OS. The summed E-state index contributed by atoms with van der Waals surface area (Å²) in [4.78, 5) is 27.3. The number of carbonyl (C=O) groups excluding carboxylic acids is 1. The topological polar surface area (TPSA) is 111 Å². The van der Waals surface area contributed by atoms with Gasteiger partial charge >= 0.3 is 0 Å². The van der Waals surface area contributed by atoms with Crippen LogP contribution in [0.4, 0.5) is 11.9 Å². The normalized spacial score (nSPS) is 11.0. The number of para-hydroxylation sites is 1. The van der Waals surface area contributed by atoms with Crippen LogP contribution in [-0.4, -0.2) is 39.0 Å². The van der Waals surface area contributed by atoms with Crippen LogP contribution in [0.25, 0.3) is 21.6 Å². The minimum atomic E-state index is -0.256. The molecule has 0 bridgehead atoms. The second-order valence-corrected chi connectivity index (χ2v) is 7.61. The summed E-state index contributed by atoms with van der Waals surface area (Å²) in [5.74, 6) is 0.682. The number of anilines is 2. The number of halogens is 1. The lowest BCUT2D eigenvalue weighted by Crippen LogP contribution is -2.17. The minimum absolute atomic E-state index is 0.256. The second-order valence-electron chi connectivity index (χ2n) is 6.12. The number of rotatable bonds is 6. The highest BCUT2D eigenvalue weighted by atomic mass is 35.5. The van der Waals surface area contributed by atoms with Gasteiger partial charge < -0.3 is 15.6 Å². The van der Waals surface area contributed by atoms with Crippen molar-refractivity contribution in [3.05, 3.63) is 52.5 Å². The standard InChI is InChI=1S/C19H18ClN7OS/c1-22-18-23-9-7-12(24-18)14-5-6-15(29-14)17(28)26-19-25-16-11(20)3-2-4-13(16)27(19)10-8-21/h2-7,9H,8,10,21H2,1H3,(H,22,23,24)(H,25,26,28). The molecule has 29 heavy (non-hydrogen) atoms. The summed E-state index contributed by atoms with van der Waals surface area (Å²) in [6, 6.07) is 10.9. The molecule has 0 aliphatic carbocycles. The summed E-state index contributed by atoms with van der Waals surface area (Å²) in [5, 5.41) is 6.31. The highest BCUT2D eigenvalue weighted by molar-refractivity contribution is 7.17. The van der Waals surface area contributed by atoms with Crippen LogP contribution < -0.4 is 16.4 Å². The Kier molecular flexibility index (Phi) is 5.43. The van der Waals surface area contributed by atoms with E-state index in [9.17, 15) is 4.79 Å². The Hall–Kier alpha value is -3.01. The lowest BCUT2D eigenvalue weighted by molar-refractivity contribution is 0.102. The number of hydrogen-bond acceptors (Lipinski definition) is 7. The van der Waals surface area contributed by atoms with E-state index in [2.05, 4.69) is 25.6 Å². The van der Waals surface area contributed by atoms with Crippen molar-refractivity contribution in [3.63, 3.8) is 0 Å². The zero-order valence-electron chi connectivity index (χ0n) is 15.5. The number of hydrogen-bond donors (Lipinski definition) is 3. The van der Waals surface area contributed by atoms with Crippen molar-refractivity contribution in [2.24, 2.45) is 5.73 Å². The van der Waals surface area contributed by atoms with Gasteiger partial charge in [-0.15, -0.1) is 11.3 Å². The molecule has 0 unspecified atom stereocenters. The molecule has 0 aliphatic heterocycles. The van der Waals surface area contributed by atoms with Gasteiger partial charge in [-0.2, -0.15) is 0 Å². The Balaban J connectivity index is 1.62. The average Bonchev–Trinajstić information content (AvgIpc) is 3.35. The van der Waals surface area contributed by atoms with Gasteiger partial charge in [-0.25, -0.2) is 15.0 Å². The molecule has 0 saturated carbocycles. The Morgan fingerprint density at radius 1 is 1.24 bits per heavy atom. The highest BCUT2D eigenvalue weighted by Crippen LogP contribution is 2.29. The maximum atomic E-state index is 12.8. The van der Waals surface area contributed by atoms with Crippen molar-refractivity contribution in [2.45, 2.75) is 6.54 Å². The zero-order valence-corrected chi connectivity index (χ0v) is 17.1. The molecule has 0 radical (unpaired) electrons. The summed E-state index contributed by atoms with van der Waals surface area (Å²) in [7, 11) is 1.76. The number of fused-ring (bicyclic) bond motifs is 1. The van der Waals surface area contributed by atoms with Crippen LogP contribution in [0.15, 0.2) is 42.6 Å². The summed E-state index contributed by atoms with van der Waals surface area (Å²) in [6.45, 7) is 0.918. The van der Waals surface area contributed by atoms with Gasteiger partial charge in [0.05, 0.1) is 26.0 Å². The largest absolute Gasteiger partial charge is 0.357 e. The van der Waals surface area contributed by atoms with Crippen LogP contribution in [-0.2, 0) is 6.54 Å². The molecule has 4 N–H and O–H groups in total. The van der Waals surface area contributed by atoms with Crippen molar-refractivity contribution in [3.8, 4) is 10.6 Å². The first-order chi connectivity index (χ1) is 14.1. The van der Waals surface area contributed by atoms with Crippen LogP contribution in [0.5, 0.6) is 0 Å². The van der Waals surface area contributed by atoms with Crippen molar-refractivity contribution in [2.75, 3.05) is 24.2 Å². The molecule has 3 heterocycles. The first-order valence-corrected chi connectivity index (χ1v) is 10.1. The summed E-state index contributed by atoms with van der Waals surface area (Å²) < 4.78 is 1.86. The highest BCUT2D eigenvalue weighted by Gasteiger charge is 2.17. The predicted octanol–water partition coefficient (Wildman–Crippen LogP) is 3.46. The number of thiophene rings is 1. The summed E-state index contributed by atoms with van der Waals surface area (Å²) in [5.41, 5.74) is 7.94.